The number of rotatable bonds is 4. The third-order valence-electron chi connectivity index (χ3n) is 1.49. The first-order valence-electron chi connectivity index (χ1n) is 4.61. The van der Waals surface area contributed by atoms with Crippen LogP contribution < -0.4 is 5.73 Å². The van der Waals surface area contributed by atoms with Gasteiger partial charge in [-0.3, -0.25) is 0 Å². The number of primary amides is 1. The van der Waals surface area contributed by atoms with E-state index in [1.54, 1.807) is 0 Å². The summed E-state index contributed by atoms with van der Waals surface area (Å²) < 4.78 is 0. The summed E-state index contributed by atoms with van der Waals surface area (Å²) in [6.07, 6.45) is 1.69. The second-order valence-corrected chi connectivity index (χ2v) is 2.81. The van der Waals surface area contributed by atoms with E-state index in [9.17, 15) is 9.59 Å². The molecule has 0 saturated carbocycles. The highest BCUT2D eigenvalue weighted by molar-refractivity contribution is 5.78. The smallest absolute Gasteiger partial charge is 0.348 e. The Labute approximate surface area is 83.2 Å². The lowest BCUT2D eigenvalue weighted by molar-refractivity contribution is 0.205. The van der Waals surface area contributed by atoms with Gasteiger partial charge >= 0.3 is 12.1 Å². The van der Waals surface area contributed by atoms with Crippen molar-refractivity contribution in [2.75, 3.05) is 13.1 Å². The molecular formula is C8H16N4O2. The van der Waals surface area contributed by atoms with Crippen molar-refractivity contribution in [2.45, 2.75) is 26.7 Å². The van der Waals surface area contributed by atoms with E-state index >= 15 is 0 Å². The monoisotopic (exact) mass is 200 g/mol. The van der Waals surface area contributed by atoms with Gasteiger partial charge in [-0.2, -0.15) is 0 Å². The van der Waals surface area contributed by atoms with Gasteiger partial charge in [-0.05, 0) is 12.8 Å². The SMILES string of the molecule is CCCN(CCC)C(=O)N=NC(N)=O. The van der Waals surface area contributed by atoms with Gasteiger partial charge in [0.25, 0.3) is 0 Å². The van der Waals surface area contributed by atoms with Crippen LogP contribution in [-0.4, -0.2) is 30.1 Å². The van der Waals surface area contributed by atoms with Crippen molar-refractivity contribution in [3.05, 3.63) is 0 Å². The number of carbonyl (C=O) groups excluding carboxylic acids is 2. The van der Waals surface area contributed by atoms with E-state index in [0.717, 1.165) is 12.8 Å². The number of nitrogens with zero attached hydrogens (tertiary/aromatic N) is 3. The minimum absolute atomic E-state index is 0.507. The number of urea groups is 2. The Hall–Kier alpha value is -1.46. The summed E-state index contributed by atoms with van der Waals surface area (Å²) >= 11 is 0. The largest absolute Gasteiger partial charge is 0.362 e. The second-order valence-electron chi connectivity index (χ2n) is 2.81. The van der Waals surface area contributed by atoms with Gasteiger partial charge in [0.05, 0.1) is 0 Å². The average molecular weight is 200 g/mol. The molecule has 0 saturated heterocycles. The molecule has 0 aliphatic heterocycles. The Morgan fingerprint density at radius 1 is 1.14 bits per heavy atom. The molecular weight excluding hydrogens is 184 g/mol. The Kier molecular flexibility index (Phi) is 6.26. The van der Waals surface area contributed by atoms with Crippen LogP contribution >= 0.6 is 0 Å². The topological polar surface area (TPSA) is 88.1 Å². The zero-order chi connectivity index (χ0) is 11.0. The fourth-order valence-corrected chi connectivity index (χ4v) is 0.998. The van der Waals surface area contributed by atoms with E-state index in [1.165, 1.54) is 4.90 Å². The van der Waals surface area contributed by atoms with Crippen LogP contribution in [0.3, 0.4) is 0 Å². The molecule has 0 unspecified atom stereocenters. The summed E-state index contributed by atoms with van der Waals surface area (Å²) in [6.45, 7) is 5.15. The van der Waals surface area contributed by atoms with Gasteiger partial charge in [-0.15, -0.1) is 0 Å². The van der Waals surface area contributed by atoms with Gasteiger partial charge in [-0.25, -0.2) is 9.59 Å². The van der Waals surface area contributed by atoms with Crippen LogP contribution in [0.2, 0.25) is 0 Å². The fraction of sp³-hybridized carbons (Fsp3) is 0.750. The molecule has 80 valence electrons. The molecule has 0 rings (SSSR count). The van der Waals surface area contributed by atoms with Gasteiger partial charge < -0.3 is 10.6 Å². The Bertz CT molecular complexity index is 221. The second kappa shape index (κ2) is 6.99. The lowest BCUT2D eigenvalue weighted by Gasteiger charge is -2.17. The van der Waals surface area contributed by atoms with Gasteiger partial charge in [0, 0.05) is 13.1 Å². The molecule has 0 aromatic carbocycles. The van der Waals surface area contributed by atoms with Crippen LogP contribution in [0, 0.1) is 0 Å². The molecule has 0 radical (unpaired) electrons. The molecule has 0 aliphatic carbocycles. The first-order valence-corrected chi connectivity index (χ1v) is 4.61. The molecule has 0 bridgehead atoms. The van der Waals surface area contributed by atoms with Crippen molar-refractivity contribution in [3.63, 3.8) is 0 Å². The Balaban J connectivity index is 4.20. The summed E-state index contributed by atoms with van der Waals surface area (Å²) in [5.74, 6) is 0. The summed E-state index contributed by atoms with van der Waals surface area (Å²) in [5, 5.41) is 6.18. The number of hydrogen-bond donors (Lipinski definition) is 1. The Morgan fingerprint density at radius 2 is 1.64 bits per heavy atom. The van der Waals surface area contributed by atoms with E-state index in [2.05, 4.69) is 10.2 Å². The number of amides is 4. The predicted octanol–water partition coefficient (Wildman–Crippen LogP) is 1.76. The normalized spacial score (nSPS) is 10.4. The van der Waals surface area contributed by atoms with Crippen LogP contribution in [0.1, 0.15) is 26.7 Å². The van der Waals surface area contributed by atoms with E-state index in [-0.39, 0.29) is 0 Å². The summed E-state index contributed by atoms with van der Waals surface area (Å²) in [5.41, 5.74) is 4.72. The van der Waals surface area contributed by atoms with E-state index < -0.39 is 12.1 Å². The van der Waals surface area contributed by atoms with Crippen molar-refractivity contribution in [2.24, 2.45) is 16.0 Å². The number of hydrogen-bond acceptors (Lipinski definition) is 2. The molecule has 2 N–H and O–H groups in total. The van der Waals surface area contributed by atoms with Crippen LogP contribution in [0.5, 0.6) is 0 Å². The maximum Gasteiger partial charge on any atom is 0.362 e. The van der Waals surface area contributed by atoms with Gasteiger partial charge in [0.2, 0.25) is 0 Å². The highest BCUT2D eigenvalue weighted by atomic mass is 16.2. The molecule has 0 spiro atoms. The lowest BCUT2D eigenvalue weighted by atomic mass is 10.4. The van der Waals surface area contributed by atoms with Crippen molar-refractivity contribution in [1.82, 2.24) is 4.90 Å². The third-order valence-corrected chi connectivity index (χ3v) is 1.49. The zero-order valence-corrected chi connectivity index (χ0v) is 8.56. The molecule has 0 aromatic heterocycles. The first kappa shape index (κ1) is 12.5. The Morgan fingerprint density at radius 3 is 2.00 bits per heavy atom. The molecule has 4 amide bonds. The van der Waals surface area contributed by atoms with Crippen LogP contribution in [0.15, 0.2) is 10.2 Å². The molecule has 0 aromatic rings. The minimum Gasteiger partial charge on any atom is -0.348 e. The predicted molar refractivity (Wildman–Crippen MR) is 52.0 cm³/mol. The third kappa shape index (κ3) is 5.23. The summed E-state index contributed by atoms with van der Waals surface area (Å²) in [6, 6.07) is -1.46. The van der Waals surface area contributed by atoms with Crippen molar-refractivity contribution < 1.29 is 9.59 Å². The highest BCUT2D eigenvalue weighted by Gasteiger charge is 2.10. The molecule has 0 heterocycles. The summed E-state index contributed by atoms with van der Waals surface area (Å²) in [7, 11) is 0. The van der Waals surface area contributed by atoms with Crippen molar-refractivity contribution >= 4 is 12.1 Å². The van der Waals surface area contributed by atoms with Crippen LogP contribution in [0.4, 0.5) is 9.59 Å². The zero-order valence-electron chi connectivity index (χ0n) is 8.56. The highest BCUT2D eigenvalue weighted by Crippen LogP contribution is 1.98. The molecule has 0 aliphatic rings. The molecule has 0 fully saturated rings. The van der Waals surface area contributed by atoms with Crippen LogP contribution in [-0.2, 0) is 0 Å². The molecule has 6 heteroatoms. The standard InChI is InChI=1S/C8H16N4O2/c1-3-5-12(6-4-2)8(14)11-10-7(9)13/h3-6H2,1-2H3,(H2,9,13). The fourth-order valence-electron chi connectivity index (χ4n) is 0.998. The van der Waals surface area contributed by atoms with E-state index in [1.807, 2.05) is 13.8 Å². The molecule has 14 heavy (non-hydrogen) atoms. The van der Waals surface area contributed by atoms with Crippen LogP contribution in [0.25, 0.3) is 0 Å². The van der Waals surface area contributed by atoms with Crippen molar-refractivity contribution in [3.8, 4) is 0 Å². The maximum absolute atomic E-state index is 11.3. The maximum atomic E-state index is 11.3. The number of azo groups is 1. The van der Waals surface area contributed by atoms with Gasteiger partial charge in [-0.1, -0.05) is 24.1 Å². The van der Waals surface area contributed by atoms with Gasteiger partial charge in [0.1, 0.15) is 0 Å². The lowest BCUT2D eigenvalue weighted by Crippen LogP contribution is -2.30. The van der Waals surface area contributed by atoms with E-state index in [4.69, 9.17) is 5.73 Å². The minimum atomic E-state index is -0.953. The van der Waals surface area contributed by atoms with Crippen molar-refractivity contribution in [1.29, 1.82) is 0 Å². The van der Waals surface area contributed by atoms with E-state index in [0.29, 0.717) is 13.1 Å². The van der Waals surface area contributed by atoms with Gasteiger partial charge in [0.15, 0.2) is 0 Å². The number of carbonyl (C=O) groups is 2. The molecule has 6 nitrogen and oxygen atoms in total. The quantitative estimate of drug-likeness (QED) is 0.700. The molecule has 0 atom stereocenters. The average Bonchev–Trinajstić information content (AvgIpc) is 2.14. The first-order chi connectivity index (χ1) is 6.61. The number of nitrogens with two attached hydrogens (primary N) is 1. The summed E-state index contributed by atoms with van der Waals surface area (Å²) in [4.78, 5) is 23.1.